The normalized spacial score (nSPS) is 10.5. The Labute approximate surface area is 161 Å². The molecule has 27 heavy (non-hydrogen) atoms. The first kappa shape index (κ1) is 18.7. The second-order valence-corrected chi connectivity index (χ2v) is 6.45. The van der Waals surface area contributed by atoms with E-state index in [2.05, 4.69) is 15.6 Å². The average molecular weight is 384 g/mol. The topological polar surface area (TPSA) is 80.3 Å². The van der Waals surface area contributed by atoms with Crippen LogP contribution in [0.2, 0.25) is 5.02 Å². The third-order valence-electron chi connectivity index (χ3n) is 3.98. The predicted octanol–water partition coefficient (Wildman–Crippen LogP) is 4.42. The number of methoxy groups -OCH3 is 1. The molecule has 3 rings (SSSR count). The summed E-state index contributed by atoms with van der Waals surface area (Å²) < 4.78 is 5.22. The summed E-state index contributed by atoms with van der Waals surface area (Å²) >= 11 is 6.03. The lowest BCUT2D eigenvalue weighted by molar-refractivity contribution is -0.114. The Balaban J connectivity index is 1.92. The maximum Gasteiger partial charge on any atom is 0.257 e. The van der Waals surface area contributed by atoms with Gasteiger partial charge < -0.3 is 15.4 Å². The van der Waals surface area contributed by atoms with E-state index in [0.29, 0.717) is 33.4 Å². The number of hydrogen-bond acceptors (Lipinski definition) is 4. The molecule has 0 spiro atoms. The standard InChI is InChI=1S/C20H18ClN3O3/c1-11-16(9-13-8-14(21)4-6-17(13)22-11)20(26)24-15-5-7-19(27-3)18(10-15)23-12(2)25/h4-10H,1-3H3,(H,23,25)(H,24,26). The number of nitrogens with one attached hydrogen (secondary N) is 2. The summed E-state index contributed by atoms with van der Waals surface area (Å²) in [5.74, 6) is -0.0366. The van der Waals surface area contributed by atoms with Gasteiger partial charge in [0.25, 0.3) is 5.91 Å². The summed E-state index contributed by atoms with van der Waals surface area (Å²) in [5, 5.41) is 6.86. The highest BCUT2D eigenvalue weighted by molar-refractivity contribution is 6.31. The zero-order chi connectivity index (χ0) is 19.6. The Bertz CT molecular complexity index is 1050. The molecule has 0 radical (unpaired) electrons. The summed E-state index contributed by atoms with van der Waals surface area (Å²) in [7, 11) is 1.51. The molecular formula is C20H18ClN3O3. The van der Waals surface area contributed by atoms with Crippen LogP contribution in [0.5, 0.6) is 5.75 Å². The number of carbonyl (C=O) groups excluding carboxylic acids is 2. The molecule has 2 amide bonds. The van der Waals surface area contributed by atoms with Crippen LogP contribution in [0.4, 0.5) is 11.4 Å². The summed E-state index contributed by atoms with van der Waals surface area (Å²) in [5.41, 5.74) is 2.82. The number of nitrogens with zero attached hydrogens (tertiary/aromatic N) is 1. The molecule has 0 saturated heterocycles. The van der Waals surface area contributed by atoms with Gasteiger partial charge in [0.05, 0.1) is 29.6 Å². The molecule has 1 heterocycles. The average Bonchev–Trinajstić information content (AvgIpc) is 2.61. The molecule has 0 bridgehead atoms. The van der Waals surface area contributed by atoms with Crippen LogP contribution in [-0.4, -0.2) is 23.9 Å². The minimum Gasteiger partial charge on any atom is -0.495 e. The van der Waals surface area contributed by atoms with Crippen LogP contribution < -0.4 is 15.4 Å². The molecule has 0 aliphatic heterocycles. The number of carbonyl (C=O) groups is 2. The van der Waals surface area contributed by atoms with Crippen molar-refractivity contribution < 1.29 is 14.3 Å². The van der Waals surface area contributed by atoms with Gasteiger partial charge in [-0.3, -0.25) is 14.6 Å². The molecule has 2 aromatic carbocycles. The van der Waals surface area contributed by atoms with Gasteiger partial charge in [-0.15, -0.1) is 0 Å². The van der Waals surface area contributed by atoms with Crippen molar-refractivity contribution in [2.24, 2.45) is 0 Å². The maximum absolute atomic E-state index is 12.7. The number of fused-ring (bicyclic) bond motifs is 1. The lowest BCUT2D eigenvalue weighted by Gasteiger charge is -2.13. The molecule has 0 atom stereocenters. The van der Waals surface area contributed by atoms with Crippen molar-refractivity contribution in [1.29, 1.82) is 0 Å². The molecule has 0 saturated carbocycles. The minimum atomic E-state index is -0.305. The van der Waals surface area contributed by atoms with Crippen molar-refractivity contribution in [1.82, 2.24) is 4.98 Å². The number of rotatable bonds is 4. The molecule has 0 fully saturated rings. The second kappa shape index (κ2) is 7.63. The monoisotopic (exact) mass is 383 g/mol. The number of benzene rings is 2. The first-order valence-electron chi connectivity index (χ1n) is 8.21. The van der Waals surface area contributed by atoms with E-state index >= 15 is 0 Å². The first-order valence-corrected chi connectivity index (χ1v) is 8.59. The fourth-order valence-corrected chi connectivity index (χ4v) is 2.93. The molecule has 1 aromatic heterocycles. The van der Waals surface area contributed by atoms with Crippen LogP contribution >= 0.6 is 11.6 Å². The summed E-state index contributed by atoms with van der Waals surface area (Å²) in [6, 6.07) is 12.1. The van der Waals surface area contributed by atoms with Gasteiger partial charge in [-0.25, -0.2) is 0 Å². The smallest absolute Gasteiger partial charge is 0.257 e. The van der Waals surface area contributed by atoms with Gasteiger partial charge in [0.15, 0.2) is 0 Å². The summed E-state index contributed by atoms with van der Waals surface area (Å²) in [6.07, 6.45) is 0. The lowest BCUT2D eigenvalue weighted by atomic mass is 10.1. The Morgan fingerprint density at radius 1 is 1.07 bits per heavy atom. The van der Waals surface area contributed by atoms with Crippen LogP contribution in [-0.2, 0) is 4.79 Å². The molecule has 7 heteroatoms. The Morgan fingerprint density at radius 3 is 2.56 bits per heavy atom. The van der Waals surface area contributed by atoms with E-state index < -0.39 is 0 Å². The van der Waals surface area contributed by atoms with E-state index in [1.807, 2.05) is 6.07 Å². The van der Waals surface area contributed by atoms with Crippen molar-refractivity contribution in [3.63, 3.8) is 0 Å². The van der Waals surface area contributed by atoms with E-state index in [1.54, 1.807) is 43.3 Å². The van der Waals surface area contributed by atoms with Gasteiger partial charge in [-0.2, -0.15) is 0 Å². The lowest BCUT2D eigenvalue weighted by Crippen LogP contribution is -2.15. The number of aryl methyl sites for hydroxylation is 1. The van der Waals surface area contributed by atoms with Crippen molar-refractivity contribution in [3.8, 4) is 5.75 Å². The van der Waals surface area contributed by atoms with Gasteiger partial charge in [0, 0.05) is 23.0 Å². The third-order valence-corrected chi connectivity index (χ3v) is 4.22. The van der Waals surface area contributed by atoms with E-state index in [-0.39, 0.29) is 11.8 Å². The molecule has 6 nitrogen and oxygen atoms in total. The van der Waals surface area contributed by atoms with E-state index in [1.165, 1.54) is 14.0 Å². The Morgan fingerprint density at radius 2 is 1.85 bits per heavy atom. The van der Waals surface area contributed by atoms with Gasteiger partial charge in [-0.1, -0.05) is 11.6 Å². The fourth-order valence-electron chi connectivity index (χ4n) is 2.75. The summed E-state index contributed by atoms with van der Waals surface area (Å²) in [6.45, 7) is 3.18. The quantitative estimate of drug-likeness (QED) is 0.699. The molecule has 2 N–H and O–H groups in total. The zero-order valence-electron chi connectivity index (χ0n) is 15.1. The summed E-state index contributed by atoms with van der Waals surface area (Å²) in [4.78, 5) is 28.6. The molecule has 0 aliphatic carbocycles. The van der Waals surface area contributed by atoms with Crippen molar-refractivity contribution in [2.75, 3.05) is 17.7 Å². The second-order valence-electron chi connectivity index (χ2n) is 6.01. The highest BCUT2D eigenvalue weighted by Crippen LogP contribution is 2.28. The minimum absolute atomic E-state index is 0.233. The van der Waals surface area contributed by atoms with Crippen LogP contribution in [0, 0.1) is 6.92 Å². The van der Waals surface area contributed by atoms with Crippen LogP contribution in [0.3, 0.4) is 0 Å². The van der Waals surface area contributed by atoms with Crippen LogP contribution in [0.25, 0.3) is 10.9 Å². The Hall–Kier alpha value is -3.12. The van der Waals surface area contributed by atoms with Gasteiger partial charge >= 0.3 is 0 Å². The molecule has 138 valence electrons. The molecule has 0 unspecified atom stereocenters. The number of aromatic nitrogens is 1. The molecular weight excluding hydrogens is 366 g/mol. The van der Waals surface area contributed by atoms with Crippen molar-refractivity contribution in [3.05, 3.63) is 58.7 Å². The Kier molecular flexibility index (Phi) is 5.28. The first-order chi connectivity index (χ1) is 12.9. The predicted molar refractivity (Wildman–Crippen MR) is 107 cm³/mol. The number of anilines is 2. The van der Waals surface area contributed by atoms with Gasteiger partial charge in [0.2, 0.25) is 5.91 Å². The van der Waals surface area contributed by atoms with Gasteiger partial charge in [-0.05, 0) is 49.4 Å². The number of ether oxygens (including phenoxy) is 1. The van der Waals surface area contributed by atoms with Crippen molar-refractivity contribution in [2.45, 2.75) is 13.8 Å². The third kappa shape index (κ3) is 4.17. The highest BCUT2D eigenvalue weighted by atomic mass is 35.5. The van der Waals surface area contributed by atoms with Gasteiger partial charge in [0.1, 0.15) is 5.75 Å². The van der Waals surface area contributed by atoms with E-state index in [9.17, 15) is 9.59 Å². The molecule has 3 aromatic rings. The van der Waals surface area contributed by atoms with Crippen LogP contribution in [0.1, 0.15) is 23.0 Å². The molecule has 0 aliphatic rings. The highest BCUT2D eigenvalue weighted by Gasteiger charge is 2.14. The maximum atomic E-state index is 12.7. The number of halogens is 1. The van der Waals surface area contributed by atoms with E-state index in [0.717, 1.165) is 10.9 Å². The van der Waals surface area contributed by atoms with Crippen LogP contribution in [0.15, 0.2) is 42.5 Å². The SMILES string of the molecule is COc1ccc(NC(=O)c2cc3cc(Cl)ccc3nc2C)cc1NC(C)=O. The number of hydrogen-bond donors (Lipinski definition) is 2. The van der Waals surface area contributed by atoms with E-state index in [4.69, 9.17) is 16.3 Å². The fraction of sp³-hybridized carbons (Fsp3) is 0.150. The van der Waals surface area contributed by atoms with Crippen molar-refractivity contribution >= 4 is 45.7 Å². The number of pyridine rings is 1. The zero-order valence-corrected chi connectivity index (χ0v) is 15.8. The number of amides is 2. The largest absolute Gasteiger partial charge is 0.495 e.